The largest absolute Gasteiger partial charge is 0.502 e. The number of rotatable bonds is 12. The molecule has 4 nitrogen and oxygen atoms in total. The van der Waals surface area contributed by atoms with E-state index in [1.165, 1.54) is 0 Å². The van der Waals surface area contributed by atoms with Gasteiger partial charge in [0.1, 0.15) is 0 Å². The van der Waals surface area contributed by atoms with E-state index in [-0.39, 0.29) is 0 Å². The summed E-state index contributed by atoms with van der Waals surface area (Å²) in [6, 6.07) is -0.843. The van der Waals surface area contributed by atoms with Gasteiger partial charge in [-0.15, -0.1) is 0 Å². The number of hydrogen-bond donors (Lipinski definition) is 0. The highest BCUT2D eigenvalue weighted by Gasteiger charge is 2.83. The lowest BCUT2D eigenvalue weighted by Crippen LogP contribution is -2.66. The molecule has 0 bridgehead atoms. The Labute approximate surface area is 163 Å². The first-order valence-corrected chi connectivity index (χ1v) is 9.65. The van der Waals surface area contributed by atoms with Gasteiger partial charge < -0.3 is 18.0 Å². The zero-order chi connectivity index (χ0) is 24.4. The van der Waals surface area contributed by atoms with E-state index < -0.39 is 63.6 Å². The SMILES string of the molecule is CO[Si](CC(C)OC(F)(F)C(F)(F)C(F)(F)C(F)(F)C(F)CC(F)(F)F)(OC)OC. The van der Waals surface area contributed by atoms with Crippen molar-refractivity contribution in [3.8, 4) is 0 Å². The van der Waals surface area contributed by atoms with Crippen LogP contribution in [-0.2, 0) is 18.0 Å². The molecule has 0 amide bonds. The molecule has 0 heterocycles. The Bertz CT molecular complexity index is 544. The predicted octanol–water partition coefficient (Wildman–Crippen LogP) is 5.06. The van der Waals surface area contributed by atoms with Gasteiger partial charge in [0.15, 0.2) is 6.17 Å². The van der Waals surface area contributed by atoms with Gasteiger partial charge in [-0.2, -0.15) is 48.3 Å². The minimum absolute atomic E-state index is 0.626. The van der Waals surface area contributed by atoms with Gasteiger partial charge in [-0.1, -0.05) is 0 Å². The summed E-state index contributed by atoms with van der Waals surface area (Å²) in [5.74, 6) is -21.2. The van der Waals surface area contributed by atoms with E-state index >= 15 is 0 Å². The number of hydrogen-bond acceptors (Lipinski definition) is 4. The van der Waals surface area contributed by atoms with Gasteiger partial charge in [0.2, 0.25) is 0 Å². The minimum Gasteiger partial charge on any atom is -0.377 e. The maximum absolute atomic E-state index is 13.7. The Kier molecular flexibility index (Phi) is 9.13. The van der Waals surface area contributed by atoms with Crippen LogP contribution in [0.3, 0.4) is 0 Å². The van der Waals surface area contributed by atoms with Crippen molar-refractivity contribution in [1.82, 2.24) is 0 Å². The van der Waals surface area contributed by atoms with Crippen LogP contribution < -0.4 is 0 Å². The van der Waals surface area contributed by atoms with E-state index in [1.54, 1.807) is 0 Å². The van der Waals surface area contributed by atoms with E-state index in [0.29, 0.717) is 6.92 Å². The molecule has 0 aromatic rings. The molecular weight excluding hydrogens is 476 g/mol. The van der Waals surface area contributed by atoms with Gasteiger partial charge >= 0.3 is 38.9 Å². The summed E-state index contributed by atoms with van der Waals surface area (Å²) < 4.78 is 175. The Morgan fingerprint density at radius 3 is 1.47 bits per heavy atom. The summed E-state index contributed by atoms with van der Waals surface area (Å²) in [5.41, 5.74) is 0. The second kappa shape index (κ2) is 9.38. The topological polar surface area (TPSA) is 36.9 Å². The molecule has 0 spiro atoms. The first-order valence-electron chi connectivity index (χ1n) is 7.71. The molecule has 0 aliphatic heterocycles. The molecule has 0 aliphatic carbocycles. The number of ether oxygens (including phenoxy) is 1. The monoisotopic (exact) mass is 494 g/mol. The Morgan fingerprint density at radius 1 is 0.733 bits per heavy atom. The van der Waals surface area contributed by atoms with E-state index in [9.17, 15) is 52.7 Å². The average Bonchev–Trinajstić information content (AvgIpc) is 2.57. The first kappa shape index (κ1) is 29.2. The van der Waals surface area contributed by atoms with Gasteiger partial charge in [0.05, 0.1) is 12.5 Å². The van der Waals surface area contributed by atoms with E-state index in [4.69, 9.17) is 13.3 Å². The van der Waals surface area contributed by atoms with Gasteiger partial charge in [0, 0.05) is 27.4 Å². The number of alkyl halides is 12. The van der Waals surface area contributed by atoms with Crippen LogP contribution in [0.2, 0.25) is 6.04 Å². The van der Waals surface area contributed by atoms with Crippen molar-refractivity contribution in [2.75, 3.05) is 21.3 Å². The predicted molar refractivity (Wildman–Crippen MR) is 77.5 cm³/mol. The summed E-state index contributed by atoms with van der Waals surface area (Å²) in [5, 5.41) is 0. The summed E-state index contributed by atoms with van der Waals surface area (Å²) in [6.07, 6.45) is -22.5. The third-order valence-electron chi connectivity index (χ3n) is 3.80. The summed E-state index contributed by atoms with van der Waals surface area (Å²) in [7, 11) is -0.887. The molecule has 0 aromatic carbocycles. The van der Waals surface area contributed by atoms with Crippen molar-refractivity contribution in [3.63, 3.8) is 0 Å². The molecule has 0 saturated heterocycles. The van der Waals surface area contributed by atoms with Crippen LogP contribution >= 0.6 is 0 Å². The van der Waals surface area contributed by atoms with Crippen molar-refractivity contribution in [3.05, 3.63) is 0 Å². The minimum atomic E-state index is -7.27. The van der Waals surface area contributed by atoms with Crippen LogP contribution in [0.25, 0.3) is 0 Å². The lowest BCUT2D eigenvalue weighted by Gasteiger charge is -2.38. The van der Waals surface area contributed by atoms with Gasteiger partial charge in [-0.25, -0.2) is 4.39 Å². The maximum atomic E-state index is 13.7. The Hall–Kier alpha value is -0.783. The molecule has 2 unspecified atom stereocenters. The summed E-state index contributed by atoms with van der Waals surface area (Å²) in [4.78, 5) is 0. The molecule has 17 heteroatoms. The van der Waals surface area contributed by atoms with Crippen LogP contribution in [0.5, 0.6) is 0 Å². The summed E-state index contributed by atoms with van der Waals surface area (Å²) in [6.45, 7) is 0.626. The molecule has 0 saturated carbocycles. The fourth-order valence-electron chi connectivity index (χ4n) is 2.14. The van der Waals surface area contributed by atoms with Gasteiger partial charge in [-0.05, 0) is 6.92 Å². The fourth-order valence-corrected chi connectivity index (χ4v) is 3.93. The van der Waals surface area contributed by atoms with Crippen molar-refractivity contribution >= 4 is 8.80 Å². The highest BCUT2D eigenvalue weighted by atomic mass is 28.4. The van der Waals surface area contributed by atoms with Gasteiger partial charge in [-0.3, -0.25) is 0 Å². The maximum Gasteiger partial charge on any atom is 0.502 e. The third kappa shape index (κ3) is 5.92. The van der Waals surface area contributed by atoms with E-state index in [0.717, 1.165) is 21.3 Å². The zero-order valence-corrected chi connectivity index (χ0v) is 16.7. The lowest BCUT2D eigenvalue weighted by molar-refractivity contribution is -0.438. The molecule has 0 radical (unpaired) electrons. The van der Waals surface area contributed by atoms with Crippen molar-refractivity contribution in [1.29, 1.82) is 0 Å². The lowest BCUT2D eigenvalue weighted by atomic mass is 9.97. The molecule has 182 valence electrons. The summed E-state index contributed by atoms with van der Waals surface area (Å²) >= 11 is 0. The van der Waals surface area contributed by atoms with Crippen LogP contribution in [0.4, 0.5) is 52.7 Å². The molecule has 0 aliphatic rings. The van der Waals surface area contributed by atoms with E-state index in [2.05, 4.69) is 4.74 Å². The quantitative estimate of drug-likeness (QED) is 0.281. The molecule has 30 heavy (non-hydrogen) atoms. The van der Waals surface area contributed by atoms with Crippen molar-refractivity contribution in [2.24, 2.45) is 0 Å². The standard InChI is InChI=1S/C13H18F12O4Si/c1-7(6-30(26-2,27-3)28-4)29-13(24,25)12(22,23)11(20,21)10(18,19)8(14)5-9(15,16)17/h7-8H,5-6H2,1-4H3. The Morgan fingerprint density at radius 2 is 1.13 bits per heavy atom. The molecule has 2 atom stereocenters. The highest BCUT2D eigenvalue weighted by molar-refractivity contribution is 6.60. The van der Waals surface area contributed by atoms with Crippen LogP contribution in [-0.4, -0.2) is 72.5 Å². The zero-order valence-electron chi connectivity index (χ0n) is 15.7. The molecule has 0 rings (SSSR count). The average molecular weight is 494 g/mol. The molecule has 0 aromatic heterocycles. The normalized spacial score (nSPS) is 17.2. The molecule has 0 fully saturated rings. The second-order valence-corrected chi connectivity index (χ2v) is 9.00. The smallest absolute Gasteiger partial charge is 0.377 e. The molecule has 0 N–H and O–H groups in total. The second-order valence-electron chi connectivity index (χ2n) is 6.00. The van der Waals surface area contributed by atoms with Gasteiger partial charge in [0.25, 0.3) is 0 Å². The fraction of sp³-hybridized carbons (Fsp3) is 1.00. The third-order valence-corrected chi connectivity index (χ3v) is 6.74. The van der Waals surface area contributed by atoms with Crippen LogP contribution in [0.15, 0.2) is 0 Å². The molecular formula is C13H18F12O4Si. The highest BCUT2D eigenvalue weighted by Crippen LogP contribution is 2.55. The van der Waals surface area contributed by atoms with E-state index in [1.807, 2.05) is 0 Å². The number of halogens is 12. The van der Waals surface area contributed by atoms with Crippen LogP contribution in [0, 0.1) is 0 Å². The Balaban J connectivity index is 5.78. The first-order chi connectivity index (χ1) is 13.2. The van der Waals surface area contributed by atoms with Crippen molar-refractivity contribution in [2.45, 2.75) is 61.7 Å². The van der Waals surface area contributed by atoms with Crippen molar-refractivity contribution < 1.29 is 70.7 Å². The van der Waals surface area contributed by atoms with Crippen LogP contribution in [0.1, 0.15) is 13.3 Å².